The zero-order chi connectivity index (χ0) is 14.9. The Labute approximate surface area is 125 Å². The number of hydrogen-bond acceptors (Lipinski definition) is 3. The summed E-state index contributed by atoms with van der Waals surface area (Å²) in [5, 5.41) is 0. The minimum atomic E-state index is -0.0377. The zero-order valence-corrected chi connectivity index (χ0v) is 12.3. The highest BCUT2D eigenvalue weighted by Crippen LogP contribution is 2.45. The second-order valence-electron chi connectivity index (χ2n) is 6.53. The number of nitrogens with two attached hydrogens (primary N) is 1. The summed E-state index contributed by atoms with van der Waals surface area (Å²) in [5.41, 5.74) is 7.26. The van der Waals surface area contributed by atoms with Crippen LogP contribution in [-0.4, -0.2) is 16.7 Å². The van der Waals surface area contributed by atoms with E-state index in [1.54, 1.807) is 12.1 Å². The molecule has 0 unspecified atom stereocenters. The van der Waals surface area contributed by atoms with Crippen molar-refractivity contribution < 1.29 is 9.59 Å². The molecule has 2 aliphatic rings. The average molecular weight is 286 g/mol. The number of carbonyl (C=O) groups excluding carboxylic acids is 2. The summed E-state index contributed by atoms with van der Waals surface area (Å²) >= 11 is 0. The van der Waals surface area contributed by atoms with E-state index in [2.05, 4.69) is 0 Å². The van der Waals surface area contributed by atoms with Crippen molar-refractivity contribution in [2.75, 3.05) is 5.73 Å². The number of benzene rings is 1. The lowest BCUT2D eigenvalue weighted by Gasteiger charge is -2.42. The van der Waals surface area contributed by atoms with Crippen LogP contribution in [0.1, 0.15) is 50.5 Å². The predicted molar refractivity (Wildman–Crippen MR) is 81.2 cm³/mol. The Morgan fingerprint density at radius 2 is 1.52 bits per heavy atom. The summed E-state index contributed by atoms with van der Waals surface area (Å²) in [6.45, 7) is 0.369. The summed E-state index contributed by atoms with van der Waals surface area (Å²) in [5.74, 6) is -0.0186. The van der Waals surface area contributed by atoms with Crippen molar-refractivity contribution in [3.05, 3.63) is 29.8 Å². The molecule has 21 heavy (non-hydrogen) atoms. The van der Waals surface area contributed by atoms with E-state index in [0.717, 1.165) is 31.2 Å². The molecule has 4 heteroatoms. The fourth-order valence-corrected chi connectivity index (χ4v) is 3.67. The van der Waals surface area contributed by atoms with Crippen LogP contribution in [0.15, 0.2) is 24.3 Å². The first-order valence-corrected chi connectivity index (χ1v) is 7.76. The second-order valence-corrected chi connectivity index (χ2v) is 6.53. The van der Waals surface area contributed by atoms with E-state index in [1.165, 1.54) is 11.3 Å². The fourth-order valence-electron chi connectivity index (χ4n) is 3.67. The maximum Gasteiger partial charge on any atom is 0.230 e. The lowest BCUT2D eigenvalue weighted by atomic mass is 9.67. The fraction of sp³-hybridized carbons (Fsp3) is 0.529. The van der Waals surface area contributed by atoms with Gasteiger partial charge < -0.3 is 5.73 Å². The van der Waals surface area contributed by atoms with E-state index in [-0.39, 0.29) is 17.2 Å². The van der Waals surface area contributed by atoms with E-state index in [0.29, 0.717) is 25.1 Å². The molecule has 1 aromatic carbocycles. The molecule has 0 bridgehead atoms. The second kappa shape index (κ2) is 5.51. The number of anilines is 1. The molecule has 0 aromatic heterocycles. The monoisotopic (exact) mass is 286 g/mol. The van der Waals surface area contributed by atoms with E-state index < -0.39 is 0 Å². The van der Waals surface area contributed by atoms with Crippen LogP contribution in [0.25, 0.3) is 0 Å². The molecule has 1 aliphatic heterocycles. The van der Waals surface area contributed by atoms with Crippen molar-refractivity contribution in [3.63, 3.8) is 0 Å². The summed E-state index contributed by atoms with van der Waals surface area (Å²) in [7, 11) is 0. The van der Waals surface area contributed by atoms with Crippen LogP contribution in [-0.2, 0) is 16.1 Å². The molecule has 1 heterocycles. The van der Waals surface area contributed by atoms with Gasteiger partial charge in [0, 0.05) is 18.5 Å². The number of amides is 2. The maximum absolute atomic E-state index is 12.4. The minimum absolute atomic E-state index is 0.00928. The Bertz CT molecular complexity index is 524. The van der Waals surface area contributed by atoms with Crippen LogP contribution in [0.3, 0.4) is 0 Å². The largest absolute Gasteiger partial charge is 0.399 e. The predicted octanol–water partition coefficient (Wildman–Crippen LogP) is 2.87. The molecule has 1 spiro atoms. The molecule has 2 fully saturated rings. The number of piperidine rings is 1. The van der Waals surface area contributed by atoms with Crippen LogP contribution in [0.5, 0.6) is 0 Å². The third-order valence-electron chi connectivity index (χ3n) is 4.89. The van der Waals surface area contributed by atoms with Gasteiger partial charge in [0.15, 0.2) is 0 Å². The highest BCUT2D eigenvalue weighted by Gasteiger charge is 2.43. The third-order valence-corrected chi connectivity index (χ3v) is 4.89. The third kappa shape index (κ3) is 2.94. The first kappa shape index (κ1) is 14.1. The summed E-state index contributed by atoms with van der Waals surface area (Å²) in [4.78, 5) is 26.3. The van der Waals surface area contributed by atoms with Gasteiger partial charge in [0.2, 0.25) is 11.8 Å². The van der Waals surface area contributed by atoms with Crippen LogP contribution in [0, 0.1) is 5.41 Å². The molecular formula is C17H22N2O2. The van der Waals surface area contributed by atoms with Crippen molar-refractivity contribution >= 4 is 17.5 Å². The number of rotatable bonds is 2. The Morgan fingerprint density at radius 1 is 0.952 bits per heavy atom. The lowest BCUT2D eigenvalue weighted by molar-refractivity contribution is -0.155. The van der Waals surface area contributed by atoms with Crippen LogP contribution < -0.4 is 5.73 Å². The smallest absolute Gasteiger partial charge is 0.230 e. The van der Waals surface area contributed by atoms with Gasteiger partial charge in [-0.2, -0.15) is 0 Å². The van der Waals surface area contributed by atoms with Crippen molar-refractivity contribution in [3.8, 4) is 0 Å². The first-order valence-electron chi connectivity index (χ1n) is 7.76. The Hall–Kier alpha value is -1.84. The lowest BCUT2D eigenvalue weighted by Crippen LogP contribution is -2.48. The molecular weight excluding hydrogens is 264 g/mol. The highest BCUT2D eigenvalue weighted by molar-refractivity contribution is 5.98. The molecule has 4 nitrogen and oxygen atoms in total. The normalized spacial score (nSPS) is 21.8. The Morgan fingerprint density at radius 3 is 2.10 bits per heavy atom. The first-order chi connectivity index (χ1) is 10.1. The standard InChI is InChI=1S/C17H22N2O2/c18-14-6-4-13(5-7-14)12-19-15(20)10-17(11-16(19)21)8-2-1-3-9-17/h4-7H,1-3,8-12,18H2. The SMILES string of the molecule is Nc1ccc(CN2C(=O)CC3(CCCCC3)CC2=O)cc1. The highest BCUT2D eigenvalue weighted by atomic mass is 16.2. The van der Waals surface area contributed by atoms with Crippen LogP contribution >= 0.6 is 0 Å². The van der Waals surface area contributed by atoms with E-state index in [1.807, 2.05) is 12.1 Å². The van der Waals surface area contributed by atoms with Gasteiger partial charge in [0.05, 0.1) is 6.54 Å². The van der Waals surface area contributed by atoms with Crippen molar-refractivity contribution in [2.45, 2.75) is 51.5 Å². The van der Waals surface area contributed by atoms with Gasteiger partial charge in [0.1, 0.15) is 0 Å². The van der Waals surface area contributed by atoms with Gasteiger partial charge in [-0.15, -0.1) is 0 Å². The Kier molecular flexibility index (Phi) is 3.70. The van der Waals surface area contributed by atoms with Gasteiger partial charge in [0.25, 0.3) is 0 Å². The summed E-state index contributed by atoms with van der Waals surface area (Å²) in [6, 6.07) is 7.36. The number of nitrogens with zero attached hydrogens (tertiary/aromatic N) is 1. The molecule has 112 valence electrons. The van der Waals surface area contributed by atoms with Crippen molar-refractivity contribution in [1.82, 2.24) is 4.90 Å². The zero-order valence-electron chi connectivity index (χ0n) is 12.3. The van der Waals surface area contributed by atoms with Crippen LogP contribution in [0.2, 0.25) is 0 Å². The molecule has 0 atom stereocenters. The molecule has 2 N–H and O–H groups in total. The topological polar surface area (TPSA) is 63.4 Å². The van der Waals surface area contributed by atoms with Gasteiger partial charge in [-0.25, -0.2) is 0 Å². The molecule has 0 radical (unpaired) electrons. The number of nitrogen functional groups attached to an aromatic ring is 1. The van der Waals surface area contributed by atoms with E-state index in [9.17, 15) is 9.59 Å². The quantitative estimate of drug-likeness (QED) is 0.671. The summed E-state index contributed by atoms with van der Waals surface area (Å²) in [6.07, 6.45) is 6.66. The number of hydrogen-bond donors (Lipinski definition) is 1. The Balaban J connectivity index is 1.71. The van der Waals surface area contributed by atoms with Crippen molar-refractivity contribution in [2.24, 2.45) is 5.41 Å². The van der Waals surface area contributed by atoms with Crippen molar-refractivity contribution in [1.29, 1.82) is 0 Å². The summed E-state index contributed by atoms with van der Waals surface area (Å²) < 4.78 is 0. The molecule has 3 rings (SSSR count). The maximum atomic E-state index is 12.4. The van der Waals surface area contributed by atoms with E-state index in [4.69, 9.17) is 5.73 Å². The van der Waals surface area contributed by atoms with Gasteiger partial charge in [-0.1, -0.05) is 31.4 Å². The molecule has 1 saturated heterocycles. The average Bonchev–Trinajstić information content (AvgIpc) is 2.46. The minimum Gasteiger partial charge on any atom is -0.399 e. The number of imide groups is 1. The van der Waals surface area contributed by atoms with Crippen LogP contribution in [0.4, 0.5) is 5.69 Å². The molecule has 1 saturated carbocycles. The molecule has 1 aliphatic carbocycles. The van der Waals surface area contributed by atoms with Gasteiger partial charge in [-0.05, 0) is 36.0 Å². The number of likely N-dealkylation sites (tertiary alicyclic amines) is 1. The number of carbonyl (C=O) groups is 2. The van der Waals surface area contributed by atoms with Gasteiger partial charge in [-0.3, -0.25) is 14.5 Å². The van der Waals surface area contributed by atoms with E-state index >= 15 is 0 Å². The molecule has 1 aromatic rings. The van der Waals surface area contributed by atoms with Gasteiger partial charge >= 0.3 is 0 Å². The molecule has 2 amide bonds.